The van der Waals surface area contributed by atoms with Crippen molar-refractivity contribution >= 4 is 29.8 Å². The summed E-state index contributed by atoms with van der Waals surface area (Å²) in [4.78, 5) is 64.0. The molecule has 1 heterocycles. The molecule has 3 N–H and O–H groups in total. The van der Waals surface area contributed by atoms with Crippen molar-refractivity contribution in [2.45, 2.75) is 77.4 Å². The lowest BCUT2D eigenvalue weighted by Gasteiger charge is -2.24. The molecule has 1 fully saturated rings. The molecular weight excluding hydrogens is 542 g/mol. The van der Waals surface area contributed by atoms with Gasteiger partial charge in [0.2, 0.25) is 11.8 Å². The maximum Gasteiger partial charge on any atom is 0.331 e. The number of ether oxygens (including phenoxy) is 2. The number of likely N-dealkylation sites (tertiary alicyclic amines) is 1. The Morgan fingerprint density at radius 2 is 1.71 bits per heavy atom. The molecule has 13 heteroatoms. The molecule has 1 unspecified atom stereocenters. The summed E-state index contributed by atoms with van der Waals surface area (Å²) in [6, 6.07) is -1.56. The van der Waals surface area contributed by atoms with E-state index in [-0.39, 0.29) is 17.9 Å². The summed E-state index contributed by atoms with van der Waals surface area (Å²) >= 11 is 0. The molecule has 228 valence electrons. The van der Waals surface area contributed by atoms with E-state index in [4.69, 9.17) is 9.47 Å². The van der Waals surface area contributed by atoms with Crippen LogP contribution in [-0.4, -0.2) is 79.6 Å². The Bertz CT molecular complexity index is 1070. The number of amides is 4. The number of hydrogen-bond acceptors (Lipinski definition) is 7. The van der Waals surface area contributed by atoms with Gasteiger partial charge < -0.3 is 30.3 Å². The van der Waals surface area contributed by atoms with E-state index in [1.54, 1.807) is 0 Å². The lowest BCUT2D eigenvalue weighted by molar-refractivity contribution is -0.157. The van der Waals surface area contributed by atoms with Gasteiger partial charge in [-0.05, 0) is 42.9 Å². The Hall–Kier alpha value is -3.77. The lowest BCUT2D eigenvalue weighted by atomic mass is 10.0. The van der Waals surface area contributed by atoms with E-state index in [0.29, 0.717) is 37.9 Å². The molecule has 2 rings (SSSR count). The number of rotatable bonds is 14. The zero-order chi connectivity index (χ0) is 30.5. The molecule has 0 aromatic heterocycles. The first-order valence-electron chi connectivity index (χ1n) is 13.7. The van der Waals surface area contributed by atoms with E-state index >= 15 is 0 Å². The zero-order valence-electron chi connectivity index (χ0n) is 24.0. The van der Waals surface area contributed by atoms with Crippen LogP contribution in [0.3, 0.4) is 0 Å². The number of carbonyl (C=O) groups is 5. The predicted molar refractivity (Wildman–Crippen MR) is 144 cm³/mol. The van der Waals surface area contributed by atoms with Crippen molar-refractivity contribution in [1.82, 2.24) is 20.9 Å². The summed E-state index contributed by atoms with van der Waals surface area (Å²) in [5.74, 6) is -4.02. The quantitative estimate of drug-likeness (QED) is 0.225. The zero-order valence-corrected chi connectivity index (χ0v) is 24.0. The summed E-state index contributed by atoms with van der Waals surface area (Å²) in [6.07, 6.45) is 3.32. The van der Waals surface area contributed by atoms with Gasteiger partial charge in [-0.25, -0.2) is 23.2 Å². The van der Waals surface area contributed by atoms with Gasteiger partial charge in [0, 0.05) is 32.5 Å². The van der Waals surface area contributed by atoms with Crippen LogP contribution in [0.15, 0.2) is 18.2 Å². The second kappa shape index (κ2) is 16.5. The van der Waals surface area contributed by atoms with E-state index in [9.17, 15) is 32.8 Å². The average Bonchev–Trinajstić information content (AvgIpc) is 3.39. The molecule has 0 radical (unpaired) electrons. The van der Waals surface area contributed by atoms with Gasteiger partial charge in [0.15, 0.2) is 6.04 Å². The van der Waals surface area contributed by atoms with E-state index in [0.717, 1.165) is 38.5 Å². The topological polar surface area (TPSA) is 143 Å². The molecule has 1 aliphatic rings. The van der Waals surface area contributed by atoms with Gasteiger partial charge in [-0.3, -0.25) is 9.59 Å². The summed E-state index contributed by atoms with van der Waals surface area (Å²) in [5.41, 5.74) is 0.0893. The second-order valence-corrected chi connectivity index (χ2v) is 10.4. The largest absolute Gasteiger partial charge is 0.467 e. The number of halogens is 2. The highest BCUT2D eigenvalue weighted by atomic mass is 19.1. The number of esters is 2. The molecule has 3 atom stereocenters. The molecule has 11 nitrogen and oxygen atoms in total. The van der Waals surface area contributed by atoms with Crippen molar-refractivity contribution in [1.29, 1.82) is 0 Å². The maximum atomic E-state index is 13.8. The smallest absolute Gasteiger partial charge is 0.331 e. The number of carbonyl (C=O) groups excluding carboxylic acids is 5. The van der Waals surface area contributed by atoms with E-state index in [1.165, 1.54) is 11.8 Å². The maximum absolute atomic E-state index is 13.8. The Balaban J connectivity index is 2.10. The van der Waals surface area contributed by atoms with Gasteiger partial charge in [0.25, 0.3) is 0 Å². The number of hydrogen-bond donors (Lipinski definition) is 3. The first-order valence-corrected chi connectivity index (χ1v) is 13.7. The van der Waals surface area contributed by atoms with Gasteiger partial charge in [0.1, 0.15) is 30.3 Å². The van der Waals surface area contributed by atoms with Crippen molar-refractivity contribution in [2.75, 3.05) is 26.8 Å². The van der Waals surface area contributed by atoms with Crippen LogP contribution in [0.4, 0.5) is 13.6 Å². The minimum absolute atomic E-state index is 0.0893. The molecule has 1 saturated heterocycles. The Labute approximate surface area is 238 Å². The normalized spacial score (nSPS) is 16.1. The SMILES string of the molecule is COC(=O)[C@H](COC(=O)C1CCCN1C(C)=O)NC(=O)[C@H](Cc1cc(F)cc(F)c1)NC(=O)NCCCCC(C)C. The molecule has 41 heavy (non-hydrogen) atoms. The molecule has 0 bridgehead atoms. The van der Waals surface area contributed by atoms with Crippen molar-refractivity contribution in [2.24, 2.45) is 5.92 Å². The third-order valence-electron chi connectivity index (χ3n) is 6.60. The molecule has 1 aromatic carbocycles. The molecule has 0 aliphatic carbocycles. The molecule has 4 amide bonds. The van der Waals surface area contributed by atoms with Gasteiger partial charge >= 0.3 is 18.0 Å². The number of urea groups is 1. The monoisotopic (exact) mass is 582 g/mol. The van der Waals surface area contributed by atoms with Crippen LogP contribution in [0.25, 0.3) is 0 Å². The molecular formula is C28H40F2N4O7. The first-order chi connectivity index (χ1) is 19.4. The van der Waals surface area contributed by atoms with Crippen LogP contribution in [0.2, 0.25) is 0 Å². The summed E-state index contributed by atoms with van der Waals surface area (Å²) in [5, 5.41) is 7.52. The standard InChI is InChI=1S/C28H40F2N4O7/c1-17(2)8-5-6-10-31-28(39)33-22(14-19-12-20(29)15-21(30)13-19)25(36)32-23(26(37)40-4)16-41-27(38)24-9-7-11-34(24)18(3)35/h12-13,15,17,22-24H,5-11,14,16H2,1-4H3,(H,32,36)(H2,31,33,39)/t22-,23-,24?/m0/s1. The van der Waals surface area contributed by atoms with Gasteiger partial charge in [-0.15, -0.1) is 0 Å². The fourth-order valence-corrected chi connectivity index (χ4v) is 4.50. The molecule has 1 aliphatic heterocycles. The molecule has 0 saturated carbocycles. The highest BCUT2D eigenvalue weighted by Crippen LogP contribution is 2.18. The van der Waals surface area contributed by atoms with E-state index < -0.39 is 60.2 Å². The van der Waals surface area contributed by atoms with Crippen molar-refractivity contribution in [3.8, 4) is 0 Å². The Morgan fingerprint density at radius 3 is 2.32 bits per heavy atom. The van der Waals surface area contributed by atoms with Crippen LogP contribution in [0, 0.1) is 17.6 Å². The van der Waals surface area contributed by atoms with Crippen LogP contribution in [0.1, 0.15) is 58.4 Å². The molecule has 0 spiro atoms. The van der Waals surface area contributed by atoms with Gasteiger partial charge in [-0.2, -0.15) is 0 Å². The summed E-state index contributed by atoms with van der Waals surface area (Å²) in [6.45, 7) is 5.68. The Morgan fingerprint density at radius 1 is 1.02 bits per heavy atom. The first kappa shape index (κ1) is 33.4. The molecule has 1 aromatic rings. The van der Waals surface area contributed by atoms with Crippen LogP contribution in [0.5, 0.6) is 0 Å². The van der Waals surface area contributed by atoms with Crippen molar-refractivity contribution in [3.63, 3.8) is 0 Å². The number of unbranched alkanes of at least 4 members (excludes halogenated alkanes) is 1. The highest BCUT2D eigenvalue weighted by molar-refractivity contribution is 5.91. The second-order valence-electron chi connectivity index (χ2n) is 10.4. The fourth-order valence-electron chi connectivity index (χ4n) is 4.50. The van der Waals surface area contributed by atoms with Crippen LogP contribution in [-0.2, 0) is 35.1 Å². The van der Waals surface area contributed by atoms with E-state index in [1.807, 2.05) is 0 Å². The highest BCUT2D eigenvalue weighted by Gasteiger charge is 2.35. The van der Waals surface area contributed by atoms with Crippen LogP contribution >= 0.6 is 0 Å². The summed E-state index contributed by atoms with van der Waals surface area (Å²) in [7, 11) is 1.08. The number of benzene rings is 1. The van der Waals surface area contributed by atoms with E-state index in [2.05, 4.69) is 29.8 Å². The van der Waals surface area contributed by atoms with Gasteiger partial charge in [-0.1, -0.05) is 26.7 Å². The van der Waals surface area contributed by atoms with Crippen LogP contribution < -0.4 is 16.0 Å². The third-order valence-corrected chi connectivity index (χ3v) is 6.60. The van der Waals surface area contributed by atoms with Gasteiger partial charge in [0.05, 0.1) is 7.11 Å². The minimum Gasteiger partial charge on any atom is -0.467 e. The minimum atomic E-state index is -1.45. The van der Waals surface area contributed by atoms with Crippen molar-refractivity contribution in [3.05, 3.63) is 35.4 Å². The number of methoxy groups -OCH3 is 1. The predicted octanol–water partition coefficient (Wildman–Crippen LogP) is 2.21. The van der Waals surface area contributed by atoms with Crippen molar-refractivity contribution < 1.29 is 42.2 Å². The average molecular weight is 583 g/mol. The summed E-state index contributed by atoms with van der Waals surface area (Å²) < 4.78 is 37.6. The fraction of sp³-hybridized carbons (Fsp3) is 0.607. The lowest BCUT2D eigenvalue weighted by Crippen LogP contribution is -2.55. The number of nitrogens with zero attached hydrogens (tertiary/aromatic N) is 1. The third kappa shape index (κ3) is 11.3. The Kier molecular flexibility index (Phi) is 13.4. The number of nitrogens with one attached hydrogen (secondary N) is 3.